The molecule has 10 heteroatoms. The van der Waals surface area contributed by atoms with Gasteiger partial charge in [0.25, 0.3) is 0 Å². The normalized spacial score (nSPS) is 10.7. The van der Waals surface area contributed by atoms with Gasteiger partial charge >= 0.3 is 0 Å². The van der Waals surface area contributed by atoms with E-state index in [-0.39, 0.29) is 5.91 Å². The summed E-state index contributed by atoms with van der Waals surface area (Å²) in [6.07, 6.45) is 2.14. The molecular weight excluding hydrogens is 348 g/mol. The third-order valence-electron chi connectivity index (χ3n) is 2.86. The Morgan fingerprint density at radius 3 is 3.04 bits per heavy atom. The number of rotatable bonds is 7. The summed E-state index contributed by atoms with van der Waals surface area (Å²) in [6.45, 7) is 2.31. The highest BCUT2D eigenvalue weighted by Gasteiger charge is 2.10. The highest BCUT2D eigenvalue weighted by Crippen LogP contribution is 2.21. The maximum Gasteiger partial charge on any atom is 0.230 e. The van der Waals surface area contributed by atoms with Crippen molar-refractivity contribution in [2.75, 3.05) is 12.3 Å². The van der Waals surface area contributed by atoms with Gasteiger partial charge in [0.05, 0.1) is 5.75 Å². The first-order valence-corrected chi connectivity index (χ1v) is 8.94. The van der Waals surface area contributed by atoms with Gasteiger partial charge in [0.1, 0.15) is 10.7 Å². The highest BCUT2D eigenvalue weighted by atomic mass is 32.2. The van der Waals surface area contributed by atoms with Crippen molar-refractivity contribution in [1.29, 1.82) is 0 Å². The molecule has 3 rings (SSSR count). The maximum absolute atomic E-state index is 11.8. The minimum atomic E-state index is -0.0719. The van der Waals surface area contributed by atoms with Crippen LogP contribution in [0.5, 0.6) is 0 Å². The molecule has 3 aromatic rings. The first-order valence-electron chi connectivity index (χ1n) is 7.14. The van der Waals surface area contributed by atoms with Crippen molar-refractivity contribution < 1.29 is 9.32 Å². The molecule has 124 valence electrons. The Morgan fingerprint density at radius 1 is 1.38 bits per heavy atom. The second kappa shape index (κ2) is 7.97. The topological polar surface area (TPSA) is 107 Å². The Morgan fingerprint density at radius 2 is 2.29 bits per heavy atom. The van der Waals surface area contributed by atoms with Crippen molar-refractivity contribution in [3.05, 3.63) is 35.3 Å². The van der Waals surface area contributed by atoms with Gasteiger partial charge in [0.15, 0.2) is 4.34 Å². The molecule has 0 aliphatic rings. The minimum absolute atomic E-state index is 0.0719. The third-order valence-corrected chi connectivity index (χ3v) is 4.83. The summed E-state index contributed by atoms with van der Waals surface area (Å²) in [6, 6.07) is 5.49. The molecule has 0 aromatic carbocycles. The number of hydrogen-bond acceptors (Lipinski definition) is 9. The predicted octanol–water partition coefficient (Wildman–Crippen LogP) is 1.74. The third kappa shape index (κ3) is 4.59. The zero-order chi connectivity index (χ0) is 16.8. The molecule has 0 aliphatic carbocycles. The Kier molecular flexibility index (Phi) is 5.49. The fourth-order valence-corrected chi connectivity index (χ4v) is 3.42. The summed E-state index contributed by atoms with van der Waals surface area (Å²) >= 11 is 2.84. The van der Waals surface area contributed by atoms with Gasteiger partial charge in [-0.25, -0.2) is 0 Å². The van der Waals surface area contributed by atoms with Gasteiger partial charge in [0.2, 0.25) is 17.6 Å². The first kappa shape index (κ1) is 16.5. The van der Waals surface area contributed by atoms with E-state index in [4.69, 9.17) is 4.52 Å². The molecule has 0 saturated heterocycles. The van der Waals surface area contributed by atoms with Crippen LogP contribution >= 0.6 is 23.1 Å². The molecule has 1 N–H and O–H groups in total. The largest absolute Gasteiger partial charge is 0.355 e. The molecular formula is C14H14N6O2S2. The number of amides is 1. The second-order valence-corrected chi connectivity index (χ2v) is 7.11. The number of aryl methyl sites for hydroxylation is 1. The summed E-state index contributed by atoms with van der Waals surface area (Å²) in [5, 5.41) is 15.4. The van der Waals surface area contributed by atoms with Crippen LogP contribution in [0.1, 0.15) is 10.9 Å². The van der Waals surface area contributed by atoms with Crippen molar-refractivity contribution in [2.24, 2.45) is 0 Å². The molecule has 0 atom stereocenters. The SMILES string of the molecule is Cc1nnc(SCC(=O)NCCc2nc(-c3ccccn3)no2)s1. The molecule has 1 amide bonds. The summed E-state index contributed by atoms with van der Waals surface area (Å²) in [7, 11) is 0. The van der Waals surface area contributed by atoms with E-state index in [1.807, 2.05) is 25.1 Å². The molecule has 0 aliphatic heterocycles. The van der Waals surface area contributed by atoms with E-state index in [0.29, 0.717) is 36.1 Å². The minimum Gasteiger partial charge on any atom is -0.355 e. The number of nitrogens with zero attached hydrogens (tertiary/aromatic N) is 5. The van der Waals surface area contributed by atoms with Crippen LogP contribution in [0, 0.1) is 6.92 Å². The Bertz CT molecular complexity index is 804. The van der Waals surface area contributed by atoms with Crippen LogP contribution in [0.4, 0.5) is 0 Å². The van der Waals surface area contributed by atoms with Crippen LogP contribution in [-0.2, 0) is 11.2 Å². The monoisotopic (exact) mass is 362 g/mol. The van der Waals surface area contributed by atoms with E-state index >= 15 is 0 Å². The fraction of sp³-hybridized carbons (Fsp3) is 0.286. The Labute approximate surface area is 146 Å². The molecule has 0 bridgehead atoms. The summed E-state index contributed by atoms with van der Waals surface area (Å²) in [5.41, 5.74) is 0.653. The van der Waals surface area contributed by atoms with Crippen LogP contribution in [0.2, 0.25) is 0 Å². The Balaban J connectivity index is 1.41. The molecule has 24 heavy (non-hydrogen) atoms. The number of hydrogen-bond donors (Lipinski definition) is 1. The van der Waals surface area contributed by atoms with Crippen LogP contribution in [0.3, 0.4) is 0 Å². The Hall–Kier alpha value is -2.33. The quantitative estimate of drug-likeness (QED) is 0.634. The van der Waals surface area contributed by atoms with Crippen molar-refractivity contribution in [1.82, 2.24) is 30.6 Å². The van der Waals surface area contributed by atoms with E-state index < -0.39 is 0 Å². The number of pyridine rings is 1. The van der Waals surface area contributed by atoms with E-state index in [1.165, 1.54) is 23.1 Å². The van der Waals surface area contributed by atoms with Crippen LogP contribution in [0.25, 0.3) is 11.5 Å². The molecule has 3 aromatic heterocycles. The van der Waals surface area contributed by atoms with Gasteiger partial charge < -0.3 is 9.84 Å². The maximum atomic E-state index is 11.8. The van der Waals surface area contributed by atoms with Crippen molar-refractivity contribution in [3.63, 3.8) is 0 Å². The molecule has 0 spiro atoms. The number of carbonyl (C=O) groups excluding carboxylic acids is 1. The van der Waals surface area contributed by atoms with Gasteiger partial charge in [-0.1, -0.05) is 34.3 Å². The van der Waals surface area contributed by atoms with E-state index in [0.717, 1.165) is 9.35 Å². The average molecular weight is 362 g/mol. The first-order chi connectivity index (χ1) is 11.7. The van der Waals surface area contributed by atoms with Gasteiger partial charge in [-0.05, 0) is 19.1 Å². The van der Waals surface area contributed by atoms with Crippen LogP contribution in [-0.4, -0.2) is 43.5 Å². The summed E-state index contributed by atoms with van der Waals surface area (Å²) in [4.78, 5) is 20.2. The number of nitrogens with one attached hydrogen (secondary N) is 1. The van der Waals surface area contributed by atoms with Crippen molar-refractivity contribution in [3.8, 4) is 11.5 Å². The molecule has 0 unspecified atom stereocenters. The van der Waals surface area contributed by atoms with E-state index in [2.05, 4.69) is 30.6 Å². The lowest BCUT2D eigenvalue weighted by Gasteiger charge is -2.01. The van der Waals surface area contributed by atoms with Gasteiger partial charge in [-0.3, -0.25) is 9.78 Å². The average Bonchev–Trinajstić information content (AvgIpc) is 3.23. The number of carbonyl (C=O) groups is 1. The zero-order valence-corrected chi connectivity index (χ0v) is 14.4. The number of thioether (sulfide) groups is 1. The summed E-state index contributed by atoms with van der Waals surface area (Å²) < 4.78 is 5.95. The molecule has 0 saturated carbocycles. The van der Waals surface area contributed by atoms with Crippen molar-refractivity contribution >= 4 is 29.0 Å². The number of aromatic nitrogens is 5. The zero-order valence-electron chi connectivity index (χ0n) is 12.8. The fourth-order valence-electron chi connectivity index (χ4n) is 1.78. The molecule has 0 fully saturated rings. The lowest BCUT2D eigenvalue weighted by molar-refractivity contribution is -0.118. The van der Waals surface area contributed by atoms with Gasteiger partial charge in [0, 0.05) is 19.2 Å². The van der Waals surface area contributed by atoms with Gasteiger partial charge in [-0.2, -0.15) is 4.98 Å². The molecule has 3 heterocycles. The standard InChI is InChI=1S/C14H14N6O2S2/c1-9-18-19-14(24-9)23-8-11(21)16-7-5-12-17-13(20-22-12)10-4-2-3-6-15-10/h2-4,6H,5,7-8H2,1H3,(H,16,21). The second-order valence-electron chi connectivity index (χ2n) is 4.70. The lowest BCUT2D eigenvalue weighted by Crippen LogP contribution is -2.27. The predicted molar refractivity (Wildman–Crippen MR) is 89.6 cm³/mol. The van der Waals surface area contributed by atoms with Crippen molar-refractivity contribution in [2.45, 2.75) is 17.7 Å². The summed E-state index contributed by atoms with van der Waals surface area (Å²) in [5.74, 6) is 1.14. The highest BCUT2D eigenvalue weighted by molar-refractivity contribution is 8.01. The van der Waals surface area contributed by atoms with E-state index in [1.54, 1.807) is 6.20 Å². The van der Waals surface area contributed by atoms with Gasteiger partial charge in [-0.15, -0.1) is 10.2 Å². The molecule has 8 nitrogen and oxygen atoms in total. The lowest BCUT2D eigenvalue weighted by atomic mass is 10.3. The molecule has 0 radical (unpaired) electrons. The van der Waals surface area contributed by atoms with Crippen LogP contribution < -0.4 is 5.32 Å². The smallest absolute Gasteiger partial charge is 0.230 e. The van der Waals surface area contributed by atoms with E-state index in [9.17, 15) is 4.79 Å². The van der Waals surface area contributed by atoms with Crippen LogP contribution in [0.15, 0.2) is 33.3 Å².